The first-order chi connectivity index (χ1) is 13.2. The number of para-hydroxylation sites is 1. The summed E-state index contributed by atoms with van der Waals surface area (Å²) in [6, 6.07) is 5.23. The van der Waals surface area contributed by atoms with Crippen LogP contribution in [-0.2, 0) is 14.6 Å². The number of hydrogen-bond acceptors (Lipinski definition) is 5. The number of halogens is 3. The summed E-state index contributed by atoms with van der Waals surface area (Å²) in [7, 11) is -5.43. The molecule has 0 spiro atoms. The van der Waals surface area contributed by atoms with E-state index < -0.39 is 20.2 Å². The van der Waals surface area contributed by atoms with Gasteiger partial charge in [0.2, 0.25) is 5.91 Å². The minimum absolute atomic E-state index is 0.0625. The van der Waals surface area contributed by atoms with E-state index in [4.69, 9.17) is 0 Å². The molecule has 1 amide bonds. The molecule has 0 aromatic heterocycles. The fraction of sp³-hybridized carbons (Fsp3) is 0.611. The summed E-state index contributed by atoms with van der Waals surface area (Å²) in [5.74, 6) is 0.0750. The van der Waals surface area contributed by atoms with Crippen LogP contribution in [0, 0.1) is 0 Å². The highest BCUT2D eigenvalue weighted by molar-refractivity contribution is 7.92. The maximum Gasteiger partial charge on any atom is 0.501 e. The fourth-order valence-electron chi connectivity index (χ4n) is 3.70. The Bertz CT molecular complexity index is 808. The first-order valence-electron chi connectivity index (χ1n) is 9.35. The van der Waals surface area contributed by atoms with Crippen molar-refractivity contribution in [2.45, 2.75) is 29.7 Å². The van der Waals surface area contributed by atoms with Crippen molar-refractivity contribution in [1.82, 2.24) is 9.80 Å². The van der Waals surface area contributed by atoms with E-state index >= 15 is 0 Å². The molecule has 0 radical (unpaired) electrons. The first kappa shape index (κ1) is 20.9. The Morgan fingerprint density at radius 3 is 2.29 bits per heavy atom. The van der Waals surface area contributed by atoms with Gasteiger partial charge in [-0.1, -0.05) is 12.1 Å². The van der Waals surface area contributed by atoms with E-state index in [1.165, 1.54) is 18.2 Å². The van der Waals surface area contributed by atoms with Crippen molar-refractivity contribution in [3.05, 3.63) is 24.3 Å². The average molecular weight is 419 g/mol. The number of hydrogen-bond donors (Lipinski definition) is 0. The molecule has 0 bridgehead atoms. The summed E-state index contributed by atoms with van der Waals surface area (Å²) < 4.78 is 63.0. The predicted molar refractivity (Wildman–Crippen MR) is 98.8 cm³/mol. The lowest BCUT2D eigenvalue weighted by Crippen LogP contribution is -2.40. The Morgan fingerprint density at radius 2 is 1.61 bits per heavy atom. The predicted octanol–water partition coefficient (Wildman–Crippen LogP) is 2.11. The molecule has 10 heteroatoms. The van der Waals surface area contributed by atoms with Crippen molar-refractivity contribution in [3.8, 4) is 0 Å². The number of sulfone groups is 1. The molecule has 0 aliphatic carbocycles. The summed E-state index contributed by atoms with van der Waals surface area (Å²) in [6.07, 6.45) is 2.67. The monoisotopic (exact) mass is 419 g/mol. The van der Waals surface area contributed by atoms with Crippen molar-refractivity contribution in [2.75, 3.05) is 50.7 Å². The second-order valence-electron chi connectivity index (χ2n) is 7.12. The molecule has 1 aromatic rings. The number of carbonyl (C=O) groups excluding carboxylic acids is 1. The molecular weight excluding hydrogens is 395 g/mol. The van der Waals surface area contributed by atoms with Crippen molar-refractivity contribution in [2.24, 2.45) is 0 Å². The lowest BCUT2D eigenvalue weighted by Gasteiger charge is -2.26. The number of carbonyl (C=O) groups is 1. The summed E-state index contributed by atoms with van der Waals surface area (Å²) in [4.78, 5) is 17.1. The van der Waals surface area contributed by atoms with Crippen molar-refractivity contribution in [1.29, 1.82) is 0 Å². The summed E-state index contributed by atoms with van der Waals surface area (Å²) in [6.45, 7) is 3.76. The lowest BCUT2D eigenvalue weighted by molar-refractivity contribution is -0.131. The summed E-state index contributed by atoms with van der Waals surface area (Å²) >= 11 is 0. The van der Waals surface area contributed by atoms with Gasteiger partial charge in [0.25, 0.3) is 9.84 Å². The van der Waals surface area contributed by atoms with E-state index in [-0.39, 0.29) is 18.1 Å². The molecule has 0 N–H and O–H groups in total. The molecular formula is C18H24F3N3O3S. The van der Waals surface area contributed by atoms with Gasteiger partial charge in [-0.2, -0.15) is 13.2 Å². The van der Waals surface area contributed by atoms with Gasteiger partial charge >= 0.3 is 5.51 Å². The number of benzene rings is 1. The Balaban J connectivity index is 1.72. The van der Waals surface area contributed by atoms with Gasteiger partial charge < -0.3 is 9.80 Å². The standard InChI is InChI=1S/C18H24F3N3O3S/c19-18(20,21)28(26,27)16-7-2-1-6-15(16)23-11-5-8-22(12-13-23)14-17(25)24-9-3-4-10-24/h1-2,6-7H,3-5,8-14H2. The molecule has 2 aliphatic heterocycles. The van der Waals surface area contributed by atoms with E-state index in [1.54, 1.807) is 4.90 Å². The lowest BCUT2D eigenvalue weighted by atomic mass is 10.2. The first-order valence-corrected chi connectivity index (χ1v) is 10.8. The summed E-state index contributed by atoms with van der Waals surface area (Å²) in [5.41, 5.74) is -5.28. The maximum atomic E-state index is 13.0. The van der Waals surface area contributed by atoms with Crippen LogP contribution in [0.15, 0.2) is 29.2 Å². The number of amides is 1. The summed E-state index contributed by atoms with van der Waals surface area (Å²) in [5, 5.41) is 0. The quantitative estimate of drug-likeness (QED) is 0.748. The Kier molecular flexibility index (Phi) is 6.18. The molecule has 2 saturated heterocycles. The number of rotatable bonds is 4. The highest BCUT2D eigenvalue weighted by Crippen LogP contribution is 2.36. The van der Waals surface area contributed by atoms with Gasteiger partial charge in [0.1, 0.15) is 0 Å². The number of nitrogens with zero attached hydrogens (tertiary/aromatic N) is 3. The zero-order chi connectivity index (χ0) is 20.4. The topological polar surface area (TPSA) is 60.9 Å². The number of anilines is 1. The molecule has 28 heavy (non-hydrogen) atoms. The minimum atomic E-state index is -5.43. The highest BCUT2D eigenvalue weighted by Gasteiger charge is 2.48. The fourth-order valence-corrected chi connectivity index (χ4v) is 4.68. The van der Waals surface area contributed by atoms with Crippen molar-refractivity contribution < 1.29 is 26.4 Å². The van der Waals surface area contributed by atoms with Crippen LogP contribution in [0.1, 0.15) is 19.3 Å². The van der Waals surface area contributed by atoms with Crippen LogP contribution in [0.3, 0.4) is 0 Å². The molecule has 2 aliphatic rings. The molecule has 156 valence electrons. The van der Waals surface area contributed by atoms with Gasteiger partial charge in [-0.15, -0.1) is 0 Å². The molecule has 2 fully saturated rings. The van der Waals surface area contributed by atoms with Crippen LogP contribution in [0.5, 0.6) is 0 Å². The average Bonchev–Trinajstić information content (AvgIpc) is 3.08. The zero-order valence-corrected chi connectivity index (χ0v) is 16.3. The van der Waals surface area contributed by atoms with E-state index in [9.17, 15) is 26.4 Å². The molecule has 1 aromatic carbocycles. The largest absolute Gasteiger partial charge is 0.501 e. The number of alkyl halides is 3. The molecule has 0 atom stereocenters. The molecule has 0 unspecified atom stereocenters. The Labute approximate surface area is 162 Å². The van der Waals surface area contributed by atoms with Crippen molar-refractivity contribution >= 4 is 21.4 Å². The van der Waals surface area contributed by atoms with Gasteiger partial charge in [-0.3, -0.25) is 9.69 Å². The second kappa shape index (κ2) is 8.28. The third-order valence-electron chi connectivity index (χ3n) is 5.21. The van der Waals surface area contributed by atoms with E-state index in [2.05, 4.69) is 0 Å². The van der Waals surface area contributed by atoms with E-state index in [0.717, 1.165) is 32.0 Å². The normalized spacial score (nSPS) is 19.7. The third kappa shape index (κ3) is 4.43. The van der Waals surface area contributed by atoms with Crippen LogP contribution < -0.4 is 4.90 Å². The van der Waals surface area contributed by atoms with Gasteiger partial charge in [0.15, 0.2) is 0 Å². The third-order valence-corrected chi connectivity index (χ3v) is 6.74. The van der Waals surface area contributed by atoms with E-state index in [1.807, 2.05) is 9.80 Å². The SMILES string of the molecule is O=C(CN1CCCN(c2ccccc2S(=O)(=O)C(F)(F)F)CC1)N1CCCC1. The minimum Gasteiger partial charge on any atom is -0.369 e. The van der Waals surface area contributed by atoms with Crippen molar-refractivity contribution in [3.63, 3.8) is 0 Å². The van der Waals surface area contributed by atoms with Crippen LogP contribution >= 0.6 is 0 Å². The Morgan fingerprint density at radius 1 is 0.929 bits per heavy atom. The van der Waals surface area contributed by atoms with Gasteiger partial charge in [0, 0.05) is 39.3 Å². The molecule has 3 rings (SSSR count). The van der Waals surface area contributed by atoms with Gasteiger partial charge in [-0.05, 0) is 31.4 Å². The highest BCUT2D eigenvalue weighted by atomic mass is 32.2. The van der Waals surface area contributed by atoms with Crippen LogP contribution in [0.2, 0.25) is 0 Å². The molecule has 6 nitrogen and oxygen atoms in total. The van der Waals surface area contributed by atoms with Gasteiger partial charge in [-0.25, -0.2) is 8.42 Å². The maximum absolute atomic E-state index is 13.0. The number of likely N-dealkylation sites (tertiary alicyclic amines) is 1. The van der Waals surface area contributed by atoms with Crippen LogP contribution in [0.4, 0.5) is 18.9 Å². The molecule has 2 heterocycles. The van der Waals surface area contributed by atoms with Gasteiger partial charge in [0.05, 0.1) is 17.1 Å². The van der Waals surface area contributed by atoms with E-state index in [0.29, 0.717) is 32.6 Å². The second-order valence-corrected chi connectivity index (χ2v) is 9.03. The Hall–Kier alpha value is -1.81. The van der Waals surface area contributed by atoms with Crippen LogP contribution in [0.25, 0.3) is 0 Å². The van der Waals surface area contributed by atoms with Crippen LogP contribution in [-0.4, -0.2) is 75.4 Å². The zero-order valence-electron chi connectivity index (χ0n) is 15.5. The smallest absolute Gasteiger partial charge is 0.369 e. The molecule has 0 saturated carbocycles.